The molecule has 2 heterocycles. The summed E-state index contributed by atoms with van der Waals surface area (Å²) in [6.45, 7) is 2.11. The molecule has 0 aliphatic carbocycles. The monoisotopic (exact) mass is 395 g/mol. The van der Waals surface area contributed by atoms with Crippen molar-refractivity contribution in [1.82, 2.24) is 4.57 Å². The van der Waals surface area contributed by atoms with Gasteiger partial charge in [-0.2, -0.15) is 0 Å². The second kappa shape index (κ2) is 7.22. The van der Waals surface area contributed by atoms with Crippen LogP contribution < -0.4 is 0 Å². The zero-order valence-electron chi connectivity index (χ0n) is 14.7. The summed E-state index contributed by atoms with van der Waals surface area (Å²) < 4.78 is 1.82. The number of carboxylic acids is 1. The number of fused-ring (bicyclic) bond motifs is 1. The van der Waals surface area contributed by atoms with E-state index in [9.17, 15) is 9.90 Å². The van der Waals surface area contributed by atoms with Gasteiger partial charge in [0.2, 0.25) is 0 Å². The van der Waals surface area contributed by atoms with Crippen molar-refractivity contribution in [1.29, 1.82) is 0 Å². The van der Waals surface area contributed by atoms with Crippen molar-refractivity contribution < 1.29 is 9.90 Å². The molecule has 0 aliphatic rings. The molecule has 1 N–H and O–H groups in total. The first-order valence-corrected chi connectivity index (χ1v) is 9.92. The molecular weight excluding hydrogens is 378 g/mol. The zero-order valence-corrected chi connectivity index (χ0v) is 16.3. The van der Waals surface area contributed by atoms with Crippen LogP contribution in [-0.2, 0) is 11.3 Å². The van der Waals surface area contributed by atoms with Gasteiger partial charge in [0.25, 0.3) is 0 Å². The van der Waals surface area contributed by atoms with E-state index in [-0.39, 0.29) is 12.5 Å². The summed E-state index contributed by atoms with van der Waals surface area (Å²) in [7, 11) is 0. The molecule has 4 rings (SSSR count). The average Bonchev–Trinajstić information content (AvgIpc) is 3.29. The molecule has 2 aromatic carbocycles. The number of halogens is 1. The molecule has 0 aliphatic heterocycles. The first-order chi connectivity index (χ1) is 13.0. The number of benzene rings is 2. The van der Waals surface area contributed by atoms with Crippen LogP contribution in [0.5, 0.6) is 0 Å². The number of rotatable bonds is 5. The smallest absolute Gasteiger partial charge is 0.323 e. The first-order valence-electron chi connectivity index (χ1n) is 8.67. The van der Waals surface area contributed by atoms with Gasteiger partial charge in [0.1, 0.15) is 6.54 Å². The van der Waals surface area contributed by atoms with E-state index in [4.69, 9.17) is 11.6 Å². The third-order valence-electron chi connectivity index (χ3n) is 4.81. The minimum Gasteiger partial charge on any atom is -0.480 e. The van der Waals surface area contributed by atoms with Crippen molar-refractivity contribution in [3.8, 4) is 11.1 Å². The largest absolute Gasteiger partial charge is 0.480 e. The SMILES string of the molecule is CC(c1cccs1)c1cn(CC(=O)O)c2ccc(-c3cccc(Cl)c3)cc12. The maximum atomic E-state index is 11.3. The fraction of sp³-hybridized carbons (Fsp3) is 0.136. The molecule has 4 aromatic rings. The van der Waals surface area contributed by atoms with Crippen LogP contribution in [-0.4, -0.2) is 15.6 Å². The summed E-state index contributed by atoms with van der Waals surface area (Å²) in [6.07, 6.45) is 1.98. The van der Waals surface area contributed by atoms with E-state index in [2.05, 4.69) is 24.4 Å². The van der Waals surface area contributed by atoms with Crippen LogP contribution in [0.3, 0.4) is 0 Å². The Morgan fingerprint density at radius 2 is 1.96 bits per heavy atom. The molecule has 1 atom stereocenters. The van der Waals surface area contributed by atoms with Gasteiger partial charge in [0.15, 0.2) is 0 Å². The van der Waals surface area contributed by atoms with Crippen molar-refractivity contribution in [3.63, 3.8) is 0 Å². The van der Waals surface area contributed by atoms with Gasteiger partial charge in [-0.1, -0.05) is 42.8 Å². The highest BCUT2D eigenvalue weighted by Gasteiger charge is 2.18. The topological polar surface area (TPSA) is 42.2 Å². The van der Waals surface area contributed by atoms with Crippen LogP contribution >= 0.6 is 22.9 Å². The third-order valence-corrected chi connectivity index (χ3v) is 6.10. The highest BCUT2D eigenvalue weighted by molar-refractivity contribution is 7.10. The zero-order chi connectivity index (χ0) is 19.0. The molecule has 0 amide bonds. The van der Waals surface area contributed by atoms with Gasteiger partial charge in [-0.05, 0) is 52.4 Å². The number of hydrogen-bond donors (Lipinski definition) is 1. The van der Waals surface area contributed by atoms with Crippen molar-refractivity contribution in [3.05, 3.63) is 81.6 Å². The molecule has 136 valence electrons. The van der Waals surface area contributed by atoms with Gasteiger partial charge in [-0.25, -0.2) is 0 Å². The molecular formula is C22H18ClNO2S. The Bertz CT molecular complexity index is 1110. The molecule has 2 aromatic heterocycles. The number of hydrogen-bond acceptors (Lipinski definition) is 2. The lowest BCUT2D eigenvalue weighted by molar-refractivity contribution is -0.137. The van der Waals surface area contributed by atoms with Crippen LogP contribution in [0.1, 0.15) is 23.3 Å². The second-order valence-electron chi connectivity index (χ2n) is 6.59. The van der Waals surface area contributed by atoms with Crippen LogP contribution in [0.2, 0.25) is 5.02 Å². The first kappa shape index (κ1) is 17.8. The van der Waals surface area contributed by atoms with Gasteiger partial charge in [-0.15, -0.1) is 11.3 Å². The van der Waals surface area contributed by atoms with Crippen molar-refractivity contribution in [2.24, 2.45) is 0 Å². The summed E-state index contributed by atoms with van der Waals surface area (Å²) >= 11 is 7.87. The fourth-order valence-corrected chi connectivity index (χ4v) is 4.48. The third kappa shape index (κ3) is 3.51. The second-order valence-corrected chi connectivity index (χ2v) is 8.00. The summed E-state index contributed by atoms with van der Waals surface area (Å²) in [5.74, 6) is -0.654. The number of aliphatic carboxylic acids is 1. The van der Waals surface area contributed by atoms with Gasteiger partial charge in [0, 0.05) is 32.9 Å². The number of thiophene rings is 1. The van der Waals surface area contributed by atoms with Gasteiger partial charge < -0.3 is 9.67 Å². The lowest BCUT2D eigenvalue weighted by Gasteiger charge is -2.09. The van der Waals surface area contributed by atoms with Crippen LogP contribution in [0.4, 0.5) is 0 Å². The molecule has 3 nitrogen and oxygen atoms in total. The molecule has 0 saturated heterocycles. The summed E-state index contributed by atoms with van der Waals surface area (Å²) in [5, 5.41) is 13.1. The number of carboxylic acid groups (broad SMARTS) is 1. The molecule has 0 bridgehead atoms. The summed E-state index contributed by atoms with van der Waals surface area (Å²) in [6, 6.07) is 18.1. The predicted octanol–water partition coefficient (Wildman–Crippen LogP) is 6.26. The van der Waals surface area contributed by atoms with Gasteiger partial charge in [-0.3, -0.25) is 4.79 Å². The minimum atomic E-state index is -0.846. The van der Waals surface area contributed by atoms with E-state index in [1.807, 2.05) is 53.2 Å². The number of nitrogens with zero attached hydrogens (tertiary/aromatic N) is 1. The molecule has 0 spiro atoms. The molecule has 0 radical (unpaired) electrons. The molecule has 1 unspecified atom stereocenters. The van der Waals surface area contributed by atoms with Crippen molar-refractivity contribution >= 4 is 39.8 Å². The van der Waals surface area contributed by atoms with Gasteiger partial charge >= 0.3 is 5.97 Å². The van der Waals surface area contributed by atoms with Crippen molar-refractivity contribution in [2.45, 2.75) is 19.4 Å². The summed E-state index contributed by atoms with van der Waals surface area (Å²) in [5.41, 5.74) is 4.18. The molecule has 27 heavy (non-hydrogen) atoms. The van der Waals surface area contributed by atoms with Crippen molar-refractivity contribution in [2.75, 3.05) is 0 Å². The van der Waals surface area contributed by atoms with E-state index < -0.39 is 5.97 Å². The Morgan fingerprint density at radius 1 is 1.15 bits per heavy atom. The maximum absolute atomic E-state index is 11.3. The lowest BCUT2D eigenvalue weighted by Crippen LogP contribution is -2.07. The Kier molecular flexibility index (Phi) is 4.77. The molecule has 0 fully saturated rings. The van der Waals surface area contributed by atoms with E-state index >= 15 is 0 Å². The number of aromatic nitrogens is 1. The Hall–Kier alpha value is -2.56. The summed E-state index contributed by atoms with van der Waals surface area (Å²) in [4.78, 5) is 12.6. The quantitative estimate of drug-likeness (QED) is 0.433. The molecule has 0 saturated carbocycles. The van der Waals surface area contributed by atoms with E-state index in [1.165, 1.54) is 4.88 Å². The highest BCUT2D eigenvalue weighted by atomic mass is 35.5. The van der Waals surface area contributed by atoms with E-state index in [1.54, 1.807) is 11.3 Å². The Morgan fingerprint density at radius 3 is 2.67 bits per heavy atom. The highest BCUT2D eigenvalue weighted by Crippen LogP contribution is 2.36. The Labute approximate surface area is 166 Å². The average molecular weight is 396 g/mol. The van der Waals surface area contributed by atoms with Crippen LogP contribution in [0.15, 0.2) is 66.2 Å². The predicted molar refractivity (Wildman–Crippen MR) is 112 cm³/mol. The lowest BCUT2D eigenvalue weighted by atomic mass is 9.96. The van der Waals surface area contributed by atoms with Gasteiger partial charge in [0.05, 0.1) is 0 Å². The van der Waals surface area contributed by atoms with Crippen LogP contribution in [0, 0.1) is 0 Å². The Balaban J connectivity index is 1.89. The van der Waals surface area contributed by atoms with Crippen LogP contribution in [0.25, 0.3) is 22.0 Å². The fourth-order valence-electron chi connectivity index (χ4n) is 3.48. The molecule has 5 heteroatoms. The number of carbonyl (C=O) groups is 1. The standard InChI is InChI=1S/C22H18ClNO2S/c1-14(21-6-3-9-27-21)19-12-24(13-22(25)26)20-8-7-16(11-18(19)20)15-4-2-5-17(23)10-15/h2-12,14H,13H2,1H3,(H,25,26). The minimum absolute atomic E-state index is 0.0514. The van der Waals surface area contributed by atoms with E-state index in [0.29, 0.717) is 5.02 Å². The normalized spacial score (nSPS) is 12.4. The van der Waals surface area contributed by atoms with E-state index in [0.717, 1.165) is 27.6 Å². The maximum Gasteiger partial charge on any atom is 0.323 e.